The van der Waals surface area contributed by atoms with E-state index in [1.54, 1.807) is 11.9 Å². The van der Waals surface area contributed by atoms with Crippen molar-refractivity contribution in [3.63, 3.8) is 0 Å². The van der Waals surface area contributed by atoms with Crippen molar-refractivity contribution in [2.75, 3.05) is 13.6 Å². The lowest BCUT2D eigenvalue weighted by atomic mass is 10.2. The lowest BCUT2D eigenvalue weighted by Gasteiger charge is -2.19. The molecule has 1 amide bonds. The van der Waals surface area contributed by atoms with E-state index >= 15 is 0 Å². The fraction of sp³-hybridized carbons (Fsp3) is 0.533. The zero-order valence-corrected chi connectivity index (χ0v) is 13.9. The number of nitro groups is 1. The van der Waals surface area contributed by atoms with Crippen LogP contribution in [0.4, 0.5) is 5.69 Å². The van der Waals surface area contributed by atoms with Gasteiger partial charge in [0.2, 0.25) is 5.91 Å². The molecule has 6 nitrogen and oxygen atoms in total. The highest BCUT2D eigenvalue weighted by molar-refractivity contribution is 6.31. The molecule has 0 fully saturated rings. The van der Waals surface area contributed by atoms with Crippen LogP contribution in [0.1, 0.15) is 32.3 Å². The van der Waals surface area contributed by atoms with Gasteiger partial charge in [-0.25, -0.2) is 0 Å². The molecule has 0 aromatic heterocycles. The molecule has 0 aliphatic rings. The van der Waals surface area contributed by atoms with E-state index in [2.05, 4.69) is 12.2 Å². The number of nitrogens with one attached hydrogen (secondary N) is 1. The number of hydrogen-bond donors (Lipinski definition) is 1. The number of non-ortho nitro benzene ring substituents is 1. The van der Waals surface area contributed by atoms with Crippen LogP contribution in [0.3, 0.4) is 0 Å². The quantitative estimate of drug-likeness (QED) is 0.588. The Morgan fingerprint density at radius 2 is 2.18 bits per heavy atom. The zero-order valence-electron chi connectivity index (χ0n) is 13.1. The lowest BCUT2D eigenvalue weighted by molar-refractivity contribution is -0.384. The van der Waals surface area contributed by atoms with Crippen LogP contribution in [0.15, 0.2) is 18.2 Å². The number of rotatable bonds is 8. The minimum absolute atomic E-state index is 0.00572. The van der Waals surface area contributed by atoms with Crippen LogP contribution in [0.5, 0.6) is 0 Å². The van der Waals surface area contributed by atoms with Crippen molar-refractivity contribution in [2.45, 2.75) is 39.3 Å². The number of carbonyl (C=O) groups excluding carboxylic acids is 1. The van der Waals surface area contributed by atoms with Gasteiger partial charge in [-0.3, -0.25) is 19.8 Å². The van der Waals surface area contributed by atoms with Crippen LogP contribution in [0.25, 0.3) is 0 Å². The van der Waals surface area contributed by atoms with Crippen LogP contribution >= 0.6 is 11.6 Å². The third-order valence-corrected chi connectivity index (χ3v) is 3.59. The van der Waals surface area contributed by atoms with E-state index in [0.29, 0.717) is 17.1 Å². The molecule has 0 heterocycles. The van der Waals surface area contributed by atoms with E-state index in [1.807, 2.05) is 6.92 Å². The number of likely N-dealkylation sites (N-methyl/N-ethyl adjacent to an activating group) is 1. The Morgan fingerprint density at radius 3 is 2.77 bits per heavy atom. The van der Waals surface area contributed by atoms with Gasteiger partial charge in [-0.1, -0.05) is 24.9 Å². The average Bonchev–Trinajstić information content (AvgIpc) is 2.40. The molecule has 0 spiro atoms. The van der Waals surface area contributed by atoms with Crippen molar-refractivity contribution in [1.29, 1.82) is 0 Å². The van der Waals surface area contributed by atoms with Crippen molar-refractivity contribution in [3.8, 4) is 0 Å². The normalized spacial score (nSPS) is 12.2. The van der Waals surface area contributed by atoms with E-state index < -0.39 is 4.92 Å². The second-order valence-electron chi connectivity index (χ2n) is 5.46. The van der Waals surface area contributed by atoms with Gasteiger partial charge >= 0.3 is 0 Å². The molecule has 0 saturated heterocycles. The Kier molecular flexibility index (Phi) is 7.27. The maximum Gasteiger partial charge on any atom is 0.269 e. The molecule has 22 heavy (non-hydrogen) atoms. The second kappa shape index (κ2) is 8.70. The predicted molar refractivity (Wildman–Crippen MR) is 87.0 cm³/mol. The lowest BCUT2D eigenvalue weighted by Crippen LogP contribution is -2.39. The first-order valence-corrected chi connectivity index (χ1v) is 7.62. The summed E-state index contributed by atoms with van der Waals surface area (Å²) in [5.41, 5.74) is 0.626. The second-order valence-corrected chi connectivity index (χ2v) is 5.87. The van der Waals surface area contributed by atoms with E-state index in [0.717, 1.165) is 12.8 Å². The monoisotopic (exact) mass is 327 g/mol. The van der Waals surface area contributed by atoms with Gasteiger partial charge in [0.15, 0.2) is 0 Å². The third kappa shape index (κ3) is 5.99. The molecule has 1 atom stereocenters. The van der Waals surface area contributed by atoms with Crippen molar-refractivity contribution < 1.29 is 9.72 Å². The molecule has 122 valence electrons. The SMILES string of the molecule is CCC[C@H](C)NC(=O)CN(C)Cc1cc([N+](=O)[O-])ccc1Cl. The fourth-order valence-electron chi connectivity index (χ4n) is 2.21. The molecular formula is C15H22ClN3O3. The van der Waals surface area contributed by atoms with E-state index in [4.69, 9.17) is 11.6 Å². The van der Waals surface area contributed by atoms with E-state index in [1.165, 1.54) is 18.2 Å². The van der Waals surface area contributed by atoms with Gasteiger partial charge in [0.1, 0.15) is 0 Å². The molecule has 0 aliphatic carbocycles. The van der Waals surface area contributed by atoms with E-state index in [9.17, 15) is 14.9 Å². The largest absolute Gasteiger partial charge is 0.353 e. The van der Waals surface area contributed by atoms with Gasteiger partial charge in [-0.2, -0.15) is 0 Å². The summed E-state index contributed by atoms with van der Waals surface area (Å²) in [4.78, 5) is 24.0. The molecule has 0 radical (unpaired) electrons. The highest BCUT2D eigenvalue weighted by atomic mass is 35.5. The molecule has 1 aromatic carbocycles. The molecule has 1 N–H and O–H groups in total. The van der Waals surface area contributed by atoms with Crippen LogP contribution < -0.4 is 5.32 Å². The fourth-order valence-corrected chi connectivity index (χ4v) is 2.39. The molecule has 1 aromatic rings. The van der Waals surface area contributed by atoms with Gasteiger partial charge in [0.25, 0.3) is 5.69 Å². The number of benzene rings is 1. The first-order chi connectivity index (χ1) is 10.3. The predicted octanol–water partition coefficient (Wildman–Crippen LogP) is 2.98. The number of hydrogen-bond acceptors (Lipinski definition) is 4. The summed E-state index contributed by atoms with van der Waals surface area (Å²) in [5, 5.41) is 14.2. The summed E-state index contributed by atoms with van der Waals surface area (Å²) in [6.45, 7) is 4.63. The van der Waals surface area contributed by atoms with Crippen LogP contribution in [0, 0.1) is 10.1 Å². The topological polar surface area (TPSA) is 75.5 Å². The minimum atomic E-state index is -0.459. The number of halogens is 1. The Balaban J connectivity index is 2.61. The summed E-state index contributed by atoms with van der Waals surface area (Å²) >= 11 is 6.06. The molecule has 0 unspecified atom stereocenters. The summed E-state index contributed by atoms with van der Waals surface area (Å²) < 4.78 is 0. The van der Waals surface area contributed by atoms with Crippen LogP contribution in [0.2, 0.25) is 5.02 Å². The van der Waals surface area contributed by atoms with Gasteiger partial charge in [-0.15, -0.1) is 0 Å². The highest BCUT2D eigenvalue weighted by Gasteiger charge is 2.14. The number of carbonyl (C=O) groups is 1. The standard InChI is InChI=1S/C15H22ClN3O3/c1-4-5-11(2)17-15(20)10-18(3)9-12-8-13(19(21)22)6-7-14(12)16/h6-8,11H,4-5,9-10H2,1-3H3,(H,17,20)/t11-/m0/s1. The molecular weight excluding hydrogens is 306 g/mol. The zero-order chi connectivity index (χ0) is 16.7. The Morgan fingerprint density at radius 1 is 1.50 bits per heavy atom. The number of nitro benzene ring substituents is 1. The van der Waals surface area contributed by atoms with Crippen molar-refractivity contribution in [2.24, 2.45) is 0 Å². The molecule has 0 bridgehead atoms. The van der Waals surface area contributed by atoms with Gasteiger partial charge in [0.05, 0.1) is 11.5 Å². The Bertz CT molecular complexity index is 537. The van der Waals surface area contributed by atoms with Gasteiger partial charge in [0, 0.05) is 29.7 Å². The first kappa shape index (κ1) is 18.4. The average molecular weight is 328 g/mol. The number of amides is 1. The molecule has 0 aliphatic heterocycles. The highest BCUT2D eigenvalue weighted by Crippen LogP contribution is 2.23. The molecule has 0 saturated carbocycles. The van der Waals surface area contributed by atoms with Gasteiger partial charge in [-0.05, 0) is 32.0 Å². The first-order valence-electron chi connectivity index (χ1n) is 7.24. The van der Waals surface area contributed by atoms with Crippen molar-refractivity contribution in [1.82, 2.24) is 10.2 Å². The summed E-state index contributed by atoms with van der Waals surface area (Å²) in [6.07, 6.45) is 1.95. The van der Waals surface area contributed by atoms with Crippen LogP contribution in [-0.4, -0.2) is 35.4 Å². The summed E-state index contributed by atoms with van der Waals surface area (Å²) in [7, 11) is 1.78. The summed E-state index contributed by atoms with van der Waals surface area (Å²) in [5.74, 6) is -0.0648. The maximum absolute atomic E-state index is 11.9. The Hall–Kier alpha value is -1.66. The maximum atomic E-state index is 11.9. The Labute approximate surface area is 135 Å². The minimum Gasteiger partial charge on any atom is -0.353 e. The number of nitrogens with zero attached hydrogens (tertiary/aromatic N) is 2. The van der Waals surface area contributed by atoms with Crippen molar-refractivity contribution >= 4 is 23.2 Å². The third-order valence-electron chi connectivity index (χ3n) is 3.22. The van der Waals surface area contributed by atoms with Gasteiger partial charge < -0.3 is 5.32 Å². The van der Waals surface area contributed by atoms with Crippen molar-refractivity contribution in [3.05, 3.63) is 38.9 Å². The van der Waals surface area contributed by atoms with Crippen LogP contribution in [-0.2, 0) is 11.3 Å². The smallest absolute Gasteiger partial charge is 0.269 e. The molecule has 7 heteroatoms. The summed E-state index contributed by atoms with van der Waals surface area (Å²) in [6, 6.07) is 4.46. The molecule has 1 rings (SSSR count). The van der Waals surface area contributed by atoms with E-state index in [-0.39, 0.29) is 24.2 Å².